The van der Waals surface area contributed by atoms with Crippen LogP contribution >= 0.6 is 0 Å². The summed E-state index contributed by atoms with van der Waals surface area (Å²) >= 11 is 0. The largest absolute Gasteiger partial charge is 0.462 e. The van der Waals surface area contributed by atoms with Crippen LogP contribution in [-0.4, -0.2) is 75.8 Å². The lowest BCUT2D eigenvalue weighted by atomic mass is 9.87. The Morgan fingerprint density at radius 1 is 0.850 bits per heavy atom. The summed E-state index contributed by atoms with van der Waals surface area (Å²) in [5.74, 6) is -1.75. The number of aliphatic hydroxyl groups is 4. The molecule has 0 unspecified atom stereocenters. The van der Waals surface area contributed by atoms with Crippen LogP contribution in [0.1, 0.15) is 117 Å². The molecule has 1 rings (SSSR count). The number of carbonyl (C=O) groups excluding carboxylic acids is 3. The van der Waals surface area contributed by atoms with Gasteiger partial charge in [0.05, 0.1) is 24.9 Å². The molecule has 0 spiro atoms. The maximum Gasteiger partial charge on any atom is 0.306 e. The molecule has 9 nitrogen and oxygen atoms in total. The van der Waals surface area contributed by atoms with E-state index in [9.17, 15) is 34.8 Å². The molecule has 1 fully saturated rings. The van der Waals surface area contributed by atoms with Crippen LogP contribution < -0.4 is 0 Å². The molecule has 1 saturated carbocycles. The zero-order valence-electron chi connectivity index (χ0n) is 24.7. The summed E-state index contributed by atoms with van der Waals surface area (Å²) in [6, 6.07) is 0. The number of aliphatic hydroxyl groups excluding tert-OH is 4. The third-order valence-corrected chi connectivity index (χ3v) is 7.54. The van der Waals surface area contributed by atoms with Gasteiger partial charge in [0.15, 0.2) is 6.10 Å². The van der Waals surface area contributed by atoms with Crippen molar-refractivity contribution in [1.82, 2.24) is 0 Å². The van der Waals surface area contributed by atoms with Gasteiger partial charge in [-0.2, -0.15) is 0 Å². The minimum absolute atomic E-state index is 0.0525. The van der Waals surface area contributed by atoms with E-state index in [-0.39, 0.29) is 50.0 Å². The number of esters is 2. The standard InChI is InChI=1S/C31H54O9/c1-3-5-7-8-10-15-30(37)39-22-25(21-32)40-31(38)16-12-11-14-24(34)19-27-26(28(35)20-29(27)36)18-17-23(33)13-9-6-4-2/h17-18,23,25-29,32-33,35-36H,3-16,19-22H2,1-2H3/b18-17+/t23-,25-,26+,27+,28+,29-/m0/s1. The molecule has 6 atom stereocenters. The molecule has 1 aliphatic rings. The zero-order valence-corrected chi connectivity index (χ0v) is 24.7. The van der Waals surface area contributed by atoms with E-state index in [1.807, 2.05) is 0 Å². The quantitative estimate of drug-likeness (QED) is 0.0806. The van der Waals surface area contributed by atoms with Crippen LogP contribution in [0.4, 0.5) is 0 Å². The maximum atomic E-state index is 12.6. The number of hydrogen-bond donors (Lipinski definition) is 4. The molecule has 1 aliphatic carbocycles. The van der Waals surface area contributed by atoms with Gasteiger partial charge in [0.25, 0.3) is 0 Å². The van der Waals surface area contributed by atoms with Crippen molar-refractivity contribution in [2.75, 3.05) is 13.2 Å². The van der Waals surface area contributed by atoms with Crippen molar-refractivity contribution in [2.24, 2.45) is 11.8 Å². The molecule has 40 heavy (non-hydrogen) atoms. The smallest absolute Gasteiger partial charge is 0.306 e. The second kappa shape index (κ2) is 21.9. The molecule has 0 saturated heterocycles. The van der Waals surface area contributed by atoms with Crippen molar-refractivity contribution >= 4 is 17.7 Å². The molecule has 0 aromatic heterocycles. The number of Topliss-reactive ketones (excluding diaryl/α,β-unsaturated/α-hetero) is 1. The zero-order chi connectivity index (χ0) is 29.8. The lowest BCUT2D eigenvalue weighted by Gasteiger charge is -2.20. The predicted molar refractivity (Wildman–Crippen MR) is 152 cm³/mol. The molecule has 0 heterocycles. The van der Waals surface area contributed by atoms with Gasteiger partial charge in [0, 0.05) is 43.9 Å². The summed E-state index contributed by atoms with van der Waals surface area (Å²) in [6.07, 6.45) is 10.9. The number of carbonyl (C=O) groups is 3. The molecule has 4 N–H and O–H groups in total. The molecule has 0 aromatic carbocycles. The first-order valence-corrected chi connectivity index (χ1v) is 15.4. The Morgan fingerprint density at radius 3 is 2.17 bits per heavy atom. The summed E-state index contributed by atoms with van der Waals surface area (Å²) in [6.45, 7) is 3.58. The third-order valence-electron chi connectivity index (χ3n) is 7.54. The molecule has 9 heteroatoms. The Kier molecular flexibility index (Phi) is 19.8. The molecule has 232 valence electrons. The summed E-state index contributed by atoms with van der Waals surface area (Å²) in [7, 11) is 0. The fourth-order valence-corrected chi connectivity index (χ4v) is 5.08. The lowest BCUT2D eigenvalue weighted by molar-refractivity contribution is -0.161. The monoisotopic (exact) mass is 570 g/mol. The Bertz CT molecular complexity index is 738. The summed E-state index contributed by atoms with van der Waals surface area (Å²) < 4.78 is 10.3. The maximum absolute atomic E-state index is 12.6. The number of hydrogen-bond acceptors (Lipinski definition) is 9. The first-order valence-electron chi connectivity index (χ1n) is 15.4. The van der Waals surface area contributed by atoms with Crippen molar-refractivity contribution in [3.8, 4) is 0 Å². The average molecular weight is 571 g/mol. The van der Waals surface area contributed by atoms with Gasteiger partial charge in [-0.25, -0.2) is 0 Å². The number of ketones is 1. The first kappa shape index (κ1) is 36.2. The SMILES string of the molecule is CCCCCCCC(=O)OC[C@H](CO)OC(=O)CCCCC(=O)C[C@@H]1[C@@H](/C=C/[C@@H](O)CCCCC)[C@H](O)C[C@@H]1O. The van der Waals surface area contributed by atoms with Gasteiger partial charge in [0.1, 0.15) is 12.4 Å². The third kappa shape index (κ3) is 15.8. The summed E-state index contributed by atoms with van der Waals surface area (Å²) in [4.78, 5) is 36.6. The summed E-state index contributed by atoms with van der Waals surface area (Å²) in [5.41, 5.74) is 0. The normalized spacial score (nSPS) is 22.4. The van der Waals surface area contributed by atoms with E-state index in [1.165, 1.54) is 0 Å². The van der Waals surface area contributed by atoms with Crippen LogP contribution in [0.15, 0.2) is 12.2 Å². The highest BCUT2D eigenvalue weighted by Crippen LogP contribution is 2.36. The highest BCUT2D eigenvalue weighted by molar-refractivity contribution is 5.79. The Morgan fingerprint density at radius 2 is 1.48 bits per heavy atom. The van der Waals surface area contributed by atoms with E-state index in [0.29, 0.717) is 25.7 Å². The fourth-order valence-electron chi connectivity index (χ4n) is 5.08. The average Bonchev–Trinajstić information content (AvgIpc) is 3.19. The van der Waals surface area contributed by atoms with Crippen LogP contribution in [-0.2, 0) is 23.9 Å². The molecular formula is C31H54O9. The van der Waals surface area contributed by atoms with Crippen LogP contribution in [0.25, 0.3) is 0 Å². The Labute approximate surface area is 240 Å². The topological polar surface area (TPSA) is 151 Å². The van der Waals surface area contributed by atoms with Gasteiger partial charge < -0.3 is 29.9 Å². The minimum atomic E-state index is -0.913. The first-order chi connectivity index (χ1) is 19.2. The highest BCUT2D eigenvalue weighted by Gasteiger charge is 2.41. The minimum Gasteiger partial charge on any atom is -0.462 e. The van der Waals surface area contributed by atoms with Crippen molar-refractivity contribution < 1.29 is 44.3 Å². The van der Waals surface area contributed by atoms with Crippen molar-refractivity contribution in [3.63, 3.8) is 0 Å². The Hall–Kier alpha value is -1.81. The van der Waals surface area contributed by atoms with E-state index in [1.54, 1.807) is 12.2 Å². The number of ether oxygens (including phenoxy) is 2. The highest BCUT2D eigenvalue weighted by atomic mass is 16.6. The Balaban J connectivity index is 2.32. The van der Waals surface area contributed by atoms with Crippen molar-refractivity contribution in [3.05, 3.63) is 12.2 Å². The molecule has 0 bridgehead atoms. The van der Waals surface area contributed by atoms with Gasteiger partial charge in [-0.05, 0) is 25.7 Å². The second-order valence-electron chi connectivity index (χ2n) is 11.2. The van der Waals surface area contributed by atoms with E-state index in [0.717, 1.165) is 51.4 Å². The van der Waals surface area contributed by atoms with Crippen LogP contribution in [0.2, 0.25) is 0 Å². The van der Waals surface area contributed by atoms with E-state index < -0.39 is 42.9 Å². The van der Waals surface area contributed by atoms with Crippen LogP contribution in [0.3, 0.4) is 0 Å². The second-order valence-corrected chi connectivity index (χ2v) is 11.2. The van der Waals surface area contributed by atoms with Gasteiger partial charge in [-0.3, -0.25) is 14.4 Å². The fraction of sp³-hybridized carbons (Fsp3) is 0.839. The van der Waals surface area contributed by atoms with Crippen molar-refractivity contribution in [2.45, 2.75) is 141 Å². The number of unbranched alkanes of at least 4 members (excludes halogenated alkanes) is 7. The van der Waals surface area contributed by atoms with E-state index in [4.69, 9.17) is 9.47 Å². The van der Waals surface area contributed by atoms with E-state index >= 15 is 0 Å². The van der Waals surface area contributed by atoms with Crippen LogP contribution in [0.5, 0.6) is 0 Å². The van der Waals surface area contributed by atoms with Gasteiger partial charge in [0.2, 0.25) is 0 Å². The lowest BCUT2D eigenvalue weighted by Crippen LogP contribution is -2.28. The molecule has 0 aliphatic heterocycles. The van der Waals surface area contributed by atoms with Gasteiger partial charge in [-0.1, -0.05) is 70.9 Å². The molecule has 0 amide bonds. The summed E-state index contributed by atoms with van der Waals surface area (Å²) in [5, 5.41) is 40.4. The van der Waals surface area contributed by atoms with Crippen LogP contribution in [0, 0.1) is 11.8 Å². The van der Waals surface area contributed by atoms with Gasteiger partial charge in [-0.15, -0.1) is 0 Å². The van der Waals surface area contributed by atoms with E-state index in [2.05, 4.69) is 13.8 Å². The van der Waals surface area contributed by atoms with Crippen molar-refractivity contribution in [1.29, 1.82) is 0 Å². The molecule has 0 radical (unpaired) electrons. The van der Waals surface area contributed by atoms with Gasteiger partial charge >= 0.3 is 11.9 Å². The number of rotatable bonds is 23. The predicted octanol–water partition coefficient (Wildman–Crippen LogP) is 4.17. The molecular weight excluding hydrogens is 516 g/mol. The molecule has 0 aromatic rings.